The monoisotopic (exact) mass is 337 g/mol. The van der Waals surface area contributed by atoms with Gasteiger partial charge in [0, 0.05) is 22.8 Å². The molecule has 0 aliphatic heterocycles. The highest BCUT2D eigenvalue weighted by atomic mass is 32.1. The van der Waals surface area contributed by atoms with Crippen LogP contribution in [0.2, 0.25) is 0 Å². The van der Waals surface area contributed by atoms with Crippen molar-refractivity contribution in [1.29, 1.82) is 0 Å². The molecule has 2 nitrogen and oxygen atoms in total. The summed E-state index contributed by atoms with van der Waals surface area (Å²) in [6.07, 6.45) is 0. The topological polar surface area (TPSA) is 12.5 Å². The molecule has 2 aromatic carbocycles. The van der Waals surface area contributed by atoms with Crippen molar-refractivity contribution >= 4 is 28.4 Å². The zero-order valence-electron chi connectivity index (χ0n) is 14.6. The minimum atomic E-state index is 0.154. The SMILES string of the molecule is COc1cccc(N(c2ccc(C(C)(C)C)cc2)c2ccsc2)c1. The van der Waals surface area contributed by atoms with Crippen LogP contribution in [0.25, 0.3) is 0 Å². The van der Waals surface area contributed by atoms with Gasteiger partial charge in [-0.1, -0.05) is 39.0 Å². The molecular formula is C21H23NOS. The second kappa shape index (κ2) is 6.70. The van der Waals surface area contributed by atoms with Gasteiger partial charge in [0.15, 0.2) is 0 Å². The molecule has 0 aliphatic carbocycles. The summed E-state index contributed by atoms with van der Waals surface area (Å²) in [6.45, 7) is 6.71. The Morgan fingerprint density at radius 1 is 0.875 bits per heavy atom. The number of hydrogen-bond donors (Lipinski definition) is 0. The molecule has 0 N–H and O–H groups in total. The molecule has 124 valence electrons. The van der Waals surface area contributed by atoms with Gasteiger partial charge in [0.1, 0.15) is 5.75 Å². The van der Waals surface area contributed by atoms with Crippen molar-refractivity contribution in [2.45, 2.75) is 26.2 Å². The van der Waals surface area contributed by atoms with E-state index >= 15 is 0 Å². The Morgan fingerprint density at radius 3 is 2.21 bits per heavy atom. The fraction of sp³-hybridized carbons (Fsp3) is 0.238. The Morgan fingerprint density at radius 2 is 1.62 bits per heavy atom. The summed E-state index contributed by atoms with van der Waals surface area (Å²) >= 11 is 1.70. The van der Waals surface area contributed by atoms with E-state index in [1.807, 2.05) is 12.1 Å². The van der Waals surface area contributed by atoms with Crippen molar-refractivity contribution < 1.29 is 4.74 Å². The molecule has 1 aromatic heterocycles. The third kappa shape index (κ3) is 3.46. The number of ether oxygens (including phenoxy) is 1. The number of benzene rings is 2. The number of anilines is 3. The first kappa shape index (κ1) is 16.6. The Balaban J connectivity index is 2.06. The van der Waals surface area contributed by atoms with Gasteiger partial charge in [0.05, 0.1) is 12.8 Å². The Hall–Kier alpha value is -2.26. The van der Waals surface area contributed by atoms with Gasteiger partial charge in [0.2, 0.25) is 0 Å². The molecule has 3 aromatic rings. The Kier molecular flexibility index (Phi) is 4.63. The van der Waals surface area contributed by atoms with Crippen LogP contribution < -0.4 is 9.64 Å². The Bertz CT molecular complexity index is 785. The zero-order valence-corrected chi connectivity index (χ0v) is 15.4. The predicted octanol–water partition coefficient (Wildman–Crippen LogP) is 6.52. The van der Waals surface area contributed by atoms with E-state index in [1.165, 1.54) is 5.56 Å². The van der Waals surface area contributed by atoms with Crippen LogP contribution in [-0.4, -0.2) is 7.11 Å². The fourth-order valence-corrected chi connectivity index (χ4v) is 3.31. The molecule has 0 bridgehead atoms. The van der Waals surface area contributed by atoms with Gasteiger partial charge in [-0.15, -0.1) is 0 Å². The van der Waals surface area contributed by atoms with E-state index in [0.29, 0.717) is 0 Å². The van der Waals surface area contributed by atoms with Crippen molar-refractivity contribution in [1.82, 2.24) is 0 Å². The fourth-order valence-electron chi connectivity index (χ4n) is 2.69. The molecular weight excluding hydrogens is 314 g/mol. The average Bonchev–Trinajstić information content (AvgIpc) is 3.09. The van der Waals surface area contributed by atoms with Gasteiger partial charge < -0.3 is 9.64 Å². The second-order valence-corrected chi connectivity index (χ2v) is 7.60. The van der Waals surface area contributed by atoms with Crippen LogP contribution in [-0.2, 0) is 5.41 Å². The summed E-state index contributed by atoms with van der Waals surface area (Å²) < 4.78 is 5.40. The lowest BCUT2D eigenvalue weighted by Crippen LogP contribution is -2.12. The van der Waals surface area contributed by atoms with Crippen LogP contribution in [0.4, 0.5) is 17.1 Å². The summed E-state index contributed by atoms with van der Waals surface area (Å²) in [4.78, 5) is 2.26. The van der Waals surface area contributed by atoms with Gasteiger partial charge in [0.25, 0.3) is 0 Å². The predicted molar refractivity (Wildman–Crippen MR) is 104 cm³/mol. The third-order valence-electron chi connectivity index (χ3n) is 4.07. The molecule has 3 heteroatoms. The van der Waals surface area contributed by atoms with Crippen molar-refractivity contribution in [2.75, 3.05) is 12.0 Å². The van der Waals surface area contributed by atoms with E-state index < -0.39 is 0 Å². The van der Waals surface area contributed by atoms with E-state index in [9.17, 15) is 0 Å². The number of thiophene rings is 1. The van der Waals surface area contributed by atoms with Gasteiger partial charge in [-0.2, -0.15) is 11.3 Å². The van der Waals surface area contributed by atoms with Crippen molar-refractivity contribution in [3.63, 3.8) is 0 Å². The molecule has 0 unspecified atom stereocenters. The standard InChI is InChI=1S/C21H23NOS/c1-21(2,3)16-8-10-17(11-9-16)22(19-12-13-24-15-19)18-6-5-7-20(14-18)23-4/h5-15H,1-4H3. The first-order valence-electron chi connectivity index (χ1n) is 8.06. The summed E-state index contributed by atoms with van der Waals surface area (Å²) in [5.74, 6) is 0.860. The van der Waals surface area contributed by atoms with E-state index in [2.05, 4.69) is 78.9 Å². The van der Waals surface area contributed by atoms with E-state index in [4.69, 9.17) is 4.74 Å². The maximum atomic E-state index is 5.40. The highest BCUT2D eigenvalue weighted by Crippen LogP contribution is 2.37. The number of methoxy groups -OCH3 is 1. The van der Waals surface area contributed by atoms with Gasteiger partial charge in [-0.25, -0.2) is 0 Å². The molecule has 24 heavy (non-hydrogen) atoms. The lowest BCUT2D eigenvalue weighted by atomic mass is 9.87. The van der Waals surface area contributed by atoms with Crippen LogP contribution in [0.5, 0.6) is 5.75 Å². The van der Waals surface area contributed by atoms with Crippen molar-refractivity contribution in [2.24, 2.45) is 0 Å². The van der Waals surface area contributed by atoms with Crippen LogP contribution in [0.1, 0.15) is 26.3 Å². The first-order valence-corrected chi connectivity index (χ1v) is 9.00. The van der Waals surface area contributed by atoms with Crippen LogP contribution in [0, 0.1) is 0 Å². The smallest absolute Gasteiger partial charge is 0.120 e. The lowest BCUT2D eigenvalue weighted by molar-refractivity contribution is 0.415. The number of rotatable bonds is 4. The largest absolute Gasteiger partial charge is 0.497 e. The van der Waals surface area contributed by atoms with E-state index in [-0.39, 0.29) is 5.41 Å². The molecule has 0 fully saturated rings. The summed E-state index contributed by atoms with van der Waals surface area (Å²) in [6, 6.07) is 19.1. The molecule has 0 atom stereocenters. The van der Waals surface area contributed by atoms with Gasteiger partial charge in [-0.05, 0) is 46.7 Å². The van der Waals surface area contributed by atoms with Gasteiger partial charge in [-0.3, -0.25) is 0 Å². The number of nitrogens with zero attached hydrogens (tertiary/aromatic N) is 1. The molecule has 0 radical (unpaired) electrons. The van der Waals surface area contributed by atoms with Crippen molar-refractivity contribution in [3.05, 3.63) is 70.9 Å². The molecule has 0 aliphatic rings. The van der Waals surface area contributed by atoms with Crippen LogP contribution >= 0.6 is 11.3 Å². The normalized spacial score (nSPS) is 11.3. The highest BCUT2D eigenvalue weighted by molar-refractivity contribution is 7.08. The van der Waals surface area contributed by atoms with Crippen molar-refractivity contribution in [3.8, 4) is 5.75 Å². The van der Waals surface area contributed by atoms with Gasteiger partial charge >= 0.3 is 0 Å². The summed E-state index contributed by atoms with van der Waals surface area (Å²) in [5.41, 5.74) is 4.90. The lowest BCUT2D eigenvalue weighted by Gasteiger charge is -2.26. The van der Waals surface area contributed by atoms with E-state index in [1.54, 1.807) is 18.4 Å². The second-order valence-electron chi connectivity index (χ2n) is 6.82. The summed E-state index contributed by atoms with van der Waals surface area (Å²) in [7, 11) is 1.70. The molecule has 0 saturated heterocycles. The van der Waals surface area contributed by atoms with Crippen LogP contribution in [0.3, 0.4) is 0 Å². The summed E-state index contributed by atoms with van der Waals surface area (Å²) in [5, 5.41) is 4.27. The molecule has 0 spiro atoms. The molecule has 0 saturated carbocycles. The third-order valence-corrected chi connectivity index (χ3v) is 4.74. The first-order chi connectivity index (χ1) is 11.5. The van der Waals surface area contributed by atoms with E-state index in [0.717, 1.165) is 22.8 Å². The minimum absolute atomic E-state index is 0.154. The Labute approximate surface area is 148 Å². The molecule has 0 amide bonds. The zero-order chi connectivity index (χ0) is 17.2. The maximum absolute atomic E-state index is 5.40. The molecule has 3 rings (SSSR count). The number of hydrogen-bond acceptors (Lipinski definition) is 3. The quantitative estimate of drug-likeness (QED) is 0.537. The minimum Gasteiger partial charge on any atom is -0.497 e. The molecule has 1 heterocycles. The maximum Gasteiger partial charge on any atom is 0.120 e. The van der Waals surface area contributed by atoms with Crippen LogP contribution in [0.15, 0.2) is 65.4 Å². The highest BCUT2D eigenvalue weighted by Gasteiger charge is 2.16. The average molecular weight is 337 g/mol.